The number of carboxylic acid groups (broad SMARTS) is 1. The van der Waals surface area contributed by atoms with Crippen LogP contribution < -0.4 is 0 Å². The Hall–Kier alpha value is -1.40. The van der Waals surface area contributed by atoms with Crippen LogP contribution in [0, 0.1) is 6.92 Å². The monoisotopic (exact) mass is 297 g/mol. The Labute approximate surface area is 119 Å². The molecule has 0 spiro atoms. The highest BCUT2D eigenvalue weighted by atomic mass is 32.2. The van der Waals surface area contributed by atoms with Crippen LogP contribution in [0.1, 0.15) is 30.4 Å². The molecule has 0 aromatic heterocycles. The van der Waals surface area contributed by atoms with Gasteiger partial charge in [-0.3, -0.25) is 4.79 Å². The molecule has 1 fully saturated rings. The molecule has 110 valence electrons. The van der Waals surface area contributed by atoms with Crippen LogP contribution in [-0.4, -0.2) is 36.4 Å². The van der Waals surface area contributed by atoms with E-state index >= 15 is 0 Å². The molecular weight excluding hydrogens is 278 g/mol. The second-order valence-electron chi connectivity index (χ2n) is 5.21. The van der Waals surface area contributed by atoms with E-state index in [1.54, 1.807) is 6.07 Å². The molecule has 1 unspecified atom stereocenters. The Balaban J connectivity index is 2.22. The lowest BCUT2D eigenvalue weighted by atomic mass is 10.1. The first-order valence-corrected chi connectivity index (χ1v) is 8.29. The Morgan fingerprint density at radius 3 is 2.80 bits per heavy atom. The van der Waals surface area contributed by atoms with Crippen molar-refractivity contribution in [2.45, 2.75) is 38.0 Å². The van der Waals surface area contributed by atoms with E-state index < -0.39 is 22.0 Å². The number of aliphatic carboxylic acids is 1. The normalized spacial score (nSPS) is 20.8. The predicted molar refractivity (Wildman–Crippen MR) is 75.8 cm³/mol. The van der Waals surface area contributed by atoms with E-state index in [0.717, 1.165) is 22.7 Å². The smallest absolute Gasteiger partial charge is 0.322 e. The number of carboxylic acids is 1. The molecule has 2 rings (SSSR count). The molecule has 6 heteroatoms. The van der Waals surface area contributed by atoms with Crippen LogP contribution >= 0.6 is 0 Å². The number of benzene rings is 1. The minimum Gasteiger partial charge on any atom is -0.480 e. The van der Waals surface area contributed by atoms with Crippen molar-refractivity contribution in [2.75, 3.05) is 6.54 Å². The largest absolute Gasteiger partial charge is 0.480 e. The fraction of sp³-hybridized carbons (Fsp3) is 0.500. The van der Waals surface area contributed by atoms with Gasteiger partial charge in [0.05, 0.1) is 5.75 Å². The average Bonchev–Trinajstić information content (AvgIpc) is 2.38. The number of hydrogen-bond acceptors (Lipinski definition) is 3. The van der Waals surface area contributed by atoms with E-state index in [1.807, 2.05) is 25.1 Å². The highest BCUT2D eigenvalue weighted by Gasteiger charge is 2.36. The van der Waals surface area contributed by atoms with Crippen molar-refractivity contribution in [3.05, 3.63) is 35.4 Å². The fourth-order valence-corrected chi connectivity index (χ4v) is 4.34. The molecule has 0 radical (unpaired) electrons. The molecular formula is C14H19NO4S. The van der Waals surface area contributed by atoms with Crippen LogP contribution in [0.15, 0.2) is 24.3 Å². The number of aryl methyl sites for hydroxylation is 1. The third-order valence-corrected chi connectivity index (χ3v) is 5.38. The fourth-order valence-electron chi connectivity index (χ4n) is 2.58. The van der Waals surface area contributed by atoms with Crippen molar-refractivity contribution < 1.29 is 18.3 Å². The molecule has 1 saturated heterocycles. The minimum atomic E-state index is -3.59. The molecule has 5 nitrogen and oxygen atoms in total. The van der Waals surface area contributed by atoms with E-state index in [4.69, 9.17) is 0 Å². The quantitative estimate of drug-likeness (QED) is 0.919. The molecule has 1 atom stereocenters. The third kappa shape index (κ3) is 3.37. The maximum absolute atomic E-state index is 12.4. The number of rotatable bonds is 4. The molecule has 1 aromatic rings. The summed E-state index contributed by atoms with van der Waals surface area (Å²) in [5, 5.41) is 9.18. The van der Waals surface area contributed by atoms with Crippen LogP contribution in [0.5, 0.6) is 0 Å². The van der Waals surface area contributed by atoms with E-state index in [2.05, 4.69) is 0 Å². The van der Waals surface area contributed by atoms with Crippen LogP contribution in [0.4, 0.5) is 0 Å². The highest BCUT2D eigenvalue weighted by Crippen LogP contribution is 2.23. The van der Waals surface area contributed by atoms with Gasteiger partial charge in [0.1, 0.15) is 6.04 Å². The van der Waals surface area contributed by atoms with Crippen molar-refractivity contribution in [1.29, 1.82) is 0 Å². The number of piperidine rings is 1. The number of sulfonamides is 1. The van der Waals surface area contributed by atoms with Gasteiger partial charge in [-0.2, -0.15) is 4.31 Å². The molecule has 1 aliphatic heterocycles. The number of nitrogens with zero attached hydrogens (tertiary/aromatic N) is 1. The minimum absolute atomic E-state index is 0.140. The topological polar surface area (TPSA) is 74.7 Å². The Morgan fingerprint density at radius 1 is 1.40 bits per heavy atom. The summed E-state index contributed by atoms with van der Waals surface area (Å²) in [6.07, 6.45) is 1.87. The van der Waals surface area contributed by atoms with Crippen molar-refractivity contribution >= 4 is 16.0 Å². The maximum atomic E-state index is 12.4. The van der Waals surface area contributed by atoms with Crippen molar-refractivity contribution in [1.82, 2.24) is 4.31 Å². The van der Waals surface area contributed by atoms with Crippen LogP contribution in [0.25, 0.3) is 0 Å². The van der Waals surface area contributed by atoms with E-state index in [1.165, 1.54) is 0 Å². The van der Waals surface area contributed by atoms with Gasteiger partial charge in [-0.1, -0.05) is 29.8 Å². The van der Waals surface area contributed by atoms with Gasteiger partial charge in [-0.05, 0) is 31.7 Å². The van der Waals surface area contributed by atoms with E-state index in [-0.39, 0.29) is 5.75 Å². The molecule has 0 aliphatic carbocycles. The lowest BCUT2D eigenvalue weighted by molar-refractivity contribution is -0.142. The highest BCUT2D eigenvalue weighted by molar-refractivity contribution is 7.88. The molecule has 1 N–H and O–H groups in total. The summed E-state index contributed by atoms with van der Waals surface area (Å²) in [5.74, 6) is -1.20. The molecule has 1 aliphatic rings. The summed E-state index contributed by atoms with van der Waals surface area (Å²) in [5.41, 5.74) is 1.69. The van der Waals surface area contributed by atoms with Crippen LogP contribution in [0.3, 0.4) is 0 Å². The second-order valence-corrected chi connectivity index (χ2v) is 7.13. The zero-order valence-corrected chi connectivity index (χ0v) is 12.3. The van der Waals surface area contributed by atoms with Crippen LogP contribution in [0.2, 0.25) is 0 Å². The van der Waals surface area contributed by atoms with Crippen molar-refractivity contribution in [2.24, 2.45) is 0 Å². The summed E-state index contributed by atoms with van der Waals surface area (Å²) < 4.78 is 26.0. The van der Waals surface area contributed by atoms with Crippen molar-refractivity contribution in [3.63, 3.8) is 0 Å². The lowest BCUT2D eigenvalue weighted by Gasteiger charge is -2.31. The van der Waals surface area contributed by atoms with Crippen LogP contribution in [-0.2, 0) is 20.6 Å². The van der Waals surface area contributed by atoms with Gasteiger partial charge in [0.25, 0.3) is 0 Å². The summed E-state index contributed by atoms with van der Waals surface area (Å²) in [4.78, 5) is 11.2. The zero-order chi connectivity index (χ0) is 14.8. The molecule has 1 heterocycles. The Morgan fingerprint density at radius 2 is 2.15 bits per heavy atom. The summed E-state index contributed by atoms with van der Waals surface area (Å²) in [6, 6.07) is 6.36. The zero-order valence-electron chi connectivity index (χ0n) is 11.4. The number of carbonyl (C=O) groups is 1. The standard InChI is InChI=1S/C14H19NO4S/c1-11-5-4-6-12(9-11)10-20(18,19)15-8-3-2-7-13(15)14(16)17/h4-6,9,13H,2-3,7-8,10H2,1H3,(H,16,17). The predicted octanol–water partition coefficient (Wildman–Crippen LogP) is 1.76. The first kappa shape index (κ1) is 15.0. The van der Waals surface area contributed by atoms with Gasteiger partial charge in [0, 0.05) is 6.54 Å². The van der Waals surface area contributed by atoms with Crippen molar-refractivity contribution in [3.8, 4) is 0 Å². The molecule has 1 aromatic carbocycles. The molecule has 0 amide bonds. The second kappa shape index (κ2) is 5.93. The Bertz CT molecular complexity index is 597. The molecule has 20 heavy (non-hydrogen) atoms. The average molecular weight is 297 g/mol. The summed E-state index contributed by atoms with van der Waals surface area (Å²) in [7, 11) is -3.59. The van der Waals surface area contributed by atoms with Gasteiger partial charge in [-0.15, -0.1) is 0 Å². The number of hydrogen-bond donors (Lipinski definition) is 1. The first-order valence-electron chi connectivity index (χ1n) is 6.68. The van der Waals surface area contributed by atoms with E-state index in [9.17, 15) is 18.3 Å². The van der Waals surface area contributed by atoms with Gasteiger partial charge < -0.3 is 5.11 Å². The SMILES string of the molecule is Cc1cccc(CS(=O)(=O)N2CCCCC2C(=O)O)c1. The summed E-state index contributed by atoms with van der Waals surface area (Å²) >= 11 is 0. The van der Waals surface area contributed by atoms with Gasteiger partial charge in [-0.25, -0.2) is 8.42 Å². The molecule has 0 saturated carbocycles. The molecule has 0 bridgehead atoms. The first-order chi connectivity index (χ1) is 9.40. The maximum Gasteiger partial charge on any atom is 0.322 e. The third-order valence-electron chi connectivity index (χ3n) is 3.53. The Kier molecular flexibility index (Phi) is 4.45. The summed E-state index contributed by atoms with van der Waals surface area (Å²) in [6.45, 7) is 2.20. The van der Waals surface area contributed by atoms with E-state index in [0.29, 0.717) is 18.5 Å². The van der Waals surface area contributed by atoms with Gasteiger partial charge in [0.2, 0.25) is 10.0 Å². The lowest BCUT2D eigenvalue weighted by Crippen LogP contribution is -2.48. The van der Waals surface area contributed by atoms with Gasteiger partial charge >= 0.3 is 5.97 Å². The van der Waals surface area contributed by atoms with Gasteiger partial charge in [0.15, 0.2) is 0 Å².